The Morgan fingerprint density at radius 3 is 0.562 bits per heavy atom. The van der Waals surface area contributed by atoms with E-state index in [0.29, 0.717) is 0 Å². The van der Waals surface area contributed by atoms with Crippen LogP contribution >= 0.6 is 0 Å². The van der Waals surface area contributed by atoms with Crippen LogP contribution in [0.3, 0.4) is 0 Å². The van der Waals surface area contributed by atoms with Crippen LogP contribution in [0.4, 0.5) is 0 Å². The fraction of sp³-hybridized carbons (Fsp3) is 0. The fourth-order valence-corrected chi connectivity index (χ4v) is 0. The second kappa shape index (κ2) is 9.28. The zero-order chi connectivity index (χ0) is 13.5. The SMILES string of the molecule is O=S(=O)([O-])O.O=S(=O)([O-])O.O=S(=O)([O-])O.[Rh+3]. The summed E-state index contributed by atoms with van der Waals surface area (Å²) in [6.45, 7) is 0. The Morgan fingerprint density at radius 1 is 0.562 bits per heavy atom. The molecule has 0 saturated carbocycles. The first-order valence-electron chi connectivity index (χ1n) is 2.05. The van der Waals surface area contributed by atoms with Crippen LogP contribution in [0, 0.1) is 0 Å². The van der Waals surface area contributed by atoms with E-state index in [1.807, 2.05) is 0 Å². The van der Waals surface area contributed by atoms with Gasteiger partial charge < -0.3 is 13.7 Å². The molecule has 0 atom stereocenters. The molecule has 0 fully saturated rings. The van der Waals surface area contributed by atoms with Crippen molar-refractivity contribution in [2.45, 2.75) is 0 Å². The summed E-state index contributed by atoms with van der Waals surface area (Å²) < 4.78 is 98.5. The maximum absolute atomic E-state index is 8.63. The molecule has 16 heavy (non-hydrogen) atoms. The first kappa shape index (κ1) is 25.2. The van der Waals surface area contributed by atoms with Crippen molar-refractivity contribution in [3.63, 3.8) is 0 Å². The molecule has 0 aliphatic rings. The van der Waals surface area contributed by atoms with Gasteiger partial charge in [0, 0.05) is 0 Å². The van der Waals surface area contributed by atoms with E-state index in [9.17, 15) is 0 Å². The van der Waals surface area contributed by atoms with E-state index < -0.39 is 31.2 Å². The number of hydrogen-bond acceptors (Lipinski definition) is 9. The van der Waals surface area contributed by atoms with Crippen molar-refractivity contribution >= 4 is 31.2 Å². The van der Waals surface area contributed by atoms with Gasteiger partial charge in [0.15, 0.2) is 0 Å². The monoisotopic (exact) mass is 394 g/mol. The summed E-state index contributed by atoms with van der Waals surface area (Å²) in [6.07, 6.45) is 0. The molecular formula is H3O12RhS3. The Kier molecular flexibility index (Phi) is 14.6. The molecule has 0 bridgehead atoms. The van der Waals surface area contributed by atoms with Crippen LogP contribution in [0.5, 0.6) is 0 Å². The van der Waals surface area contributed by atoms with E-state index in [2.05, 4.69) is 0 Å². The molecule has 0 aromatic carbocycles. The van der Waals surface area contributed by atoms with Crippen molar-refractivity contribution < 1.29 is 72.0 Å². The molecule has 0 saturated heterocycles. The summed E-state index contributed by atoms with van der Waals surface area (Å²) >= 11 is 0. The zero-order valence-electron chi connectivity index (χ0n) is 6.57. The molecule has 102 valence electrons. The minimum absolute atomic E-state index is 0. The quantitative estimate of drug-likeness (QED) is 0.212. The van der Waals surface area contributed by atoms with E-state index in [1.165, 1.54) is 0 Å². The van der Waals surface area contributed by atoms with Gasteiger partial charge in [0.05, 0.1) is 0 Å². The Morgan fingerprint density at radius 2 is 0.562 bits per heavy atom. The van der Waals surface area contributed by atoms with Crippen molar-refractivity contribution in [1.29, 1.82) is 0 Å². The molecular weight excluding hydrogens is 391 g/mol. The van der Waals surface area contributed by atoms with Crippen LogP contribution in [-0.2, 0) is 50.7 Å². The largest absolute Gasteiger partial charge is 3.00 e. The Balaban J connectivity index is -0.0000000655. The Hall–Kier alpha value is 0.233. The number of hydrogen-bond donors (Lipinski definition) is 3. The predicted octanol–water partition coefficient (Wildman–Crippen LogP) is -2.99. The third kappa shape index (κ3) is 45800. The summed E-state index contributed by atoms with van der Waals surface area (Å²) in [5, 5.41) is 0. The summed E-state index contributed by atoms with van der Waals surface area (Å²) in [4.78, 5) is 0. The van der Waals surface area contributed by atoms with Crippen molar-refractivity contribution in [3.05, 3.63) is 0 Å². The van der Waals surface area contributed by atoms with Gasteiger partial charge in [0.2, 0.25) is 31.2 Å². The topological polar surface area (TPSA) is 232 Å². The van der Waals surface area contributed by atoms with Crippen LogP contribution in [0.2, 0.25) is 0 Å². The maximum Gasteiger partial charge on any atom is 3.00 e. The van der Waals surface area contributed by atoms with Gasteiger partial charge in [-0.15, -0.1) is 0 Å². The van der Waals surface area contributed by atoms with Crippen LogP contribution in [0.1, 0.15) is 0 Å². The van der Waals surface area contributed by atoms with Crippen molar-refractivity contribution in [2.24, 2.45) is 0 Å². The summed E-state index contributed by atoms with van der Waals surface area (Å²) in [7, 11) is -14.7. The fourth-order valence-electron chi connectivity index (χ4n) is 0. The second-order valence-electron chi connectivity index (χ2n) is 1.28. The first-order valence-corrected chi connectivity index (χ1v) is 6.14. The molecule has 12 nitrogen and oxygen atoms in total. The average Bonchev–Trinajstić information content (AvgIpc) is 1.41. The van der Waals surface area contributed by atoms with Gasteiger partial charge in [0.1, 0.15) is 0 Å². The maximum atomic E-state index is 8.63. The predicted molar refractivity (Wildman–Crippen MR) is 37.0 cm³/mol. The number of rotatable bonds is 0. The Labute approximate surface area is 103 Å². The van der Waals surface area contributed by atoms with E-state index in [1.54, 1.807) is 0 Å². The minimum atomic E-state index is -4.92. The van der Waals surface area contributed by atoms with Crippen LogP contribution in [-0.4, -0.2) is 52.6 Å². The standard InChI is InChI=1S/3H2O4S.Rh/c3*1-5(2,3)4;/h3*(H2,1,2,3,4);/q;;;+3/p-3. The van der Waals surface area contributed by atoms with Gasteiger partial charge in [-0.25, -0.2) is 25.3 Å². The van der Waals surface area contributed by atoms with E-state index in [0.717, 1.165) is 0 Å². The molecule has 0 aromatic heterocycles. The van der Waals surface area contributed by atoms with Gasteiger partial charge in [-0.1, -0.05) is 0 Å². The second-order valence-corrected chi connectivity index (χ2v) is 3.85. The molecule has 0 spiro atoms. The van der Waals surface area contributed by atoms with Gasteiger partial charge in [0.25, 0.3) is 0 Å². The molecule has 0 rings (SSSR count). The molecule has 0 unspecified atom stereocenters. The van der Waals surface area contributed by atoms with Gasteiger partial charge in [-0.2, -0.15) is 0 Å². The first-order chi connectivity index (χ1) is 6.00. The third-order valence-electron chi connectivity index (χ3n) is 0. The van der Waals surface area contributed by atoms with Gasteiger partial charge in [-0.3, -0.25) is 13.7 Å². The molecule has 0 aliphatic heterocycles. The molecule has 0 aromatic rings. The molecule has 16 heteroatoms. The van der Waals surface area contributed by atoms with Crippen molar-refractivity contribution in [2.75, 3.05) is 0 Å². The molecule has 0 aliphatic carbocycles. The average molecular weight is 394 g/mol. The molecule has 0 radical (unpaired) electrons. The summed E-state index contributed by atoms with van der Waals surface area (Å²) in [6, 6.07) is 0. The summed E-state index contributed by atoms with van der Waals surface area (Å²) in [5.74, 6) is 0. The van der Waals surface area contributed by atoms with E-state index in [-0.39, 0.29) is 19.5 Å². The van der Waals surface area contributed by atoms with Gasteiger partial charge >= 0.3 is 19.5 Å². The molecule has 3 N–H and O–H groups in total. The molecule has 0 heterocycles. The molecule has 0 amide bonds. The smallest absolute Gasteiger partial charge is 0.726 e. The van der Waals surface area contributed by atoms with Crippen LogP contribution in [0.25, 0.3) is 0 Å². The van der Waals surface area contributed by atoms with Crippen LogP contribution in [0.15, 0.2) is 0 Å². The third-order valence-corrected chi connectivity index (χ3v) is 0. The van der Waals surface area contributed by atoms with Crippen LogP contribution < -0.4 is 0 Å². The van der Waals surface area contributed by atoms with Crippen molar-refractivity contribution in [1.82, 2.24) is 0 Å². The zero-order valence-corrected chi connectivity index (χ0v) is 10.7. The van der Waals surface area contributed by atoms with Crippen molar-refractivity contribution in [3.8, 4) is 0 Å². The summed E-state index contributed by atoms with van der Waals surface area (Å²) in [5.41, 5.74) is 0. The Bertz CT molecular complexity index is 337. The van der Waals surface area contributed by atoms with E-state index >= 15 is 0 Å². The minimum Gasteiger partial charge on any atom is -0.726 e. The normalized spacial score (nSPS) is 10.9. The van der Waals surface area contributed by atoms with Gasteiger partial charge in [-0.05, 0) is 0 Å². The van der Waals surface area contributed by atoms with E-state index in [4.69, 9.17) is 52.6 Å².